The van der Waals surface area contributed by atoms with Crippen molar-refractivity contribution in [2.45, 2.75) is 12.3 Å². The molecule has 28 heavy (non-hydrogen) atoms. The number of aryl methyl sites for hydroxylation is 1. The summed E-state index contributed by atoms with van der Waals surface area (Å²) < 4.78 is 27.1. The van der Waals surface area contributed by atoms with Gasteiger partial charge in [-0.2, -0.15) is 5.10 Å². The molecule has 1 amide bonds. The summed E-state index contributed by atoms with van der Waals surface area (Å²) in [5, 5.41) is 7.74. The Balaban J connectivity index is 1.88. The molecule has 0 aliphatic carbocycles. The van der Waals surface area contributed by atoms with Gasteiger partial charge in [0.2, 0.25) is 10.0 Å². The van der Waals surface area contributed by atoms with Gasteiger partial charge in [0.05, 0.1) is 11.1 Å². The van der Waals surface area contributed by atoms with E-state index in [1.807, 2.05) is 0 Å². The van der Waals surface area contributed by atoms with Gasteiger partial charge in [-0.15, -0.1) is 0 Å². The van der Waals surface area contributed by atoms with Crippen LogP contribution in [0.1, 0.15) is 21.6 Å². The Bertz CT molecular complexity index is 1200. The molecule has 2 aromatic carbocycles. The number of hydrogen-bond acceptors (Lipinski definition) is 5. The summed E-state index contributed by atoms with van der Waals surface area (Å²) in [6, 6.07) is 13.8. The van der Waals surface area contributed by atoms with Crippen molar-refractivity contribution in [2.75, 3.05) is 7.05 Å². The van der Waals surface area contributed by atoms with Crippen molar-refractivity contribution in [2.24, 2.45) is 7.05 Å². The van der Waals surface area contributed by atoms with Gasteiger partial charge in [0.15, 0.2) is 5.69 Å². The SMILES string of the molecule is CNS(=O)(=O)Cc1ccccc1CNC(=O)c1nn(C)c(=O)c2ccccc12. The molecule has 0 bridgehead atoms. The number of carbonyl (C=O) groups excluding carboxylic acids is 1. The van der Waals surface area contributed by atoms with Crippen LogP contribution in [0, 0.1) is 0 Å². The second-order valence-corrected chi connectivity index (χ2v) is 8.16. The number of nitrogens with one attached hydrogen (secondary N) is 2. The second-order valence-electron chi connectivity index (χ2n) is 6.24. The van der Waals surface area contributed by atoms with Gasteiger partial charge in [0.25, 0.3) is 11.5 Å². The Morgan fingerprint density at radius 2 is 1.64 bits per heavy atom. The molecule has 0 spiro atoms. The van der Waals surface area contributed by atoms with Crippen molar-refractivity contribution in [3.05, 3.63) is 75.7 Å². The van der Waals surface area contributed by atoms with Crippen LogP contribution in [0.25, 0.3) is 10.8 Å². The van der Waals surface area contributed by atoms with Gasteiger partial charge in [-0.1, -0.05) is 42.5 Å². The van der Waals surface area contributed by atoms with Crippen LogP contribution in [0.5, 0.6) is 0 Å². The van der Waals surface area contributed by atoms with E-state index in [1.165, 1.54) is 14.1 Å². The minimum atomic E-state index is -3.44. The van der Waals surface area contributed by atoms with Crippen molar-refractivity contribution >= 4 is 26.7 Å². The van der Waals surface area contributed by atoms with E-state index < -0.39 is 15.9 Å². The van der Waals surface area contributed by atoms with Gasteiger partial charge >= 0.3 is 0 Å². The highest BCUT2D eigenvalue weighted by Gasteiger charge is 2.17. The molecule has 0 radical (unpaired) electrons. The molecular weight excluding hydrogens is 380 g/mol. The third-order valence-electron chi connectivity index (χ3n) is 4.39. The van der Waals surface area contributed by atoms with Crippen LogP contribution in [-0.2, 0) is 29.4 Å². The van der Waals surface area contributed by atoms with Crippen LogP contribution >= 0.6 is 0 Å². The third-order valence-corrected chi connectivity index (χ3v) is 5.70. The number of fused-ring (bicyclic) bond motifs is 1. The minimum Gasteiger partial charge on any atom is -0.347 e. The van der Waals surface area contributed by atoms with Crippen LogP contribution < -0.4 is 15.6 Å². The quantitative estimate of drug-likeness (QED) is 0.639. The van der Waals surface area contributed by atoms with E-state index in [0.717, 1.165) is 4.68 Å². The maximum absolute atomic E-state index is 12.7. The lowest BCUT2D eigenvalue weighted by Crippen LogP contribution is -2.29. The summed E-state index contributed by atoms with van der Waals surface area (Å²) in [6.45, 7) is 0.132. The van der Waals surface area contributed by atoms with Crippen molar-refractivity contribution in [3.8, 4) is 0 Å². The summed E-state index contributed by atoms with van der Waals surface area (Å²) in [6.07, 6.45) is 0. The summed E-state index contributed by atoms with van der Waals surface area (Å²) in [5.41, 5.74) is 1.13. The fraction of sp³-hybridized carbons (Fsp3) is 0.211. The lowest BCUT2D eigenvalue weighted by atomic mass is 10.1. The molecule has 0 fully saturated rings. The lowest BCUT2D eigenvalue weighted by Gasteiger charge is -2.12. The number of amides is 1. The van der Waals surface area contributed by atoms with Crippen molar-refractivity contribution in [3.63, 3.8) is 0 Å². The van der Waals surface area contributed by atoms with Gasteiger partial charge in [-0.25, -0.2) is 17.8 Å². The summed E-state index contributed by atoms with van der Waals surface area (Å²) >= 11 is 0. The lowest BCUT2D eigenvalue weighted by molar-refractivity contribution is 0.0945. The maximum Gasteiger partial charge on any atom is 0.274 e. The van der Waals surface area contributed by atoms with Gasteiger partial charge in [0.1, 0.15) is 0 Å². The van der Waals surface area contributed by atoms with Crippen LogP contribution in [0.3, 0.4) is 0 Å². The van der Waals surface area contributed by atoms with Crippen LogP contribution in [0.2, 0.25) is 0 Å². The van der Waals surface area contributed by atoms with E-state index in [-0.39, 0.29) is 23.6 Å². The highest BCUT2D eigenvalue weighted by atomic mass is 32.2. The predicted molar refractivity (Wildman–Crippen MR) is 106 cm³/mol. The fourth-order valence-electron chi connectivity index (χ4n) is 2.87. The molecule has 1 heterocycles. The second kappa shape index (κ2) is 7.91. The Labute approximate surface area is 162 Å². The number of benzene rings is 2. The van der Waals surface area contributed by atoms with Crippen molar-refractivity contribution in [1.29, 1.82) is 0 Å². The molecule has 9 heteroatoms. The smallest absolute Gasteiger partial charge is 0.274 e. The number of rotatable bonds is 6. The fourth-order valence-corrected chi connectivity index (χ4v) is 3.71. The Hall–Kier alpha value is -3.04. The zero-order chi connectivity index (χ0) is 20.3. The molecule has 146 valence electrons. The monoisotopic (exact) mass is 400 g/mol. The molecule has 8 nitrogen and oxygen atoms in total. The first-order valence-corrected chi connectivity index (χ1v) is 10.2. The topological polar surface area (TPSA) is 110 Å². The largest absolute Gasteiger partial charge is 0.347 e. The summed E-state index contributed by atoms with van der Waals surface area (Å²) in [4.78, 5) is 24.9. The molecule has 0 saturated heterocycles. The van der Waals surface area contributed by atoms with Crippen LogP contribution in [0.15, 0.2) is 53.3 Å². The van der Waals surface area contributed by atoms with E-state index in [0.29, 0.717) is 21.9 Å². The standard InChI is InChI=1S/C19H20N4O4S/c1-20-28(26,27)12-14-8-4-3-7-13(14)11-21-18(24)17-15-9-5-6-10-16(15)19(25)23(2)22-17/h3-10,20H,11-12H2,1-2H3,(H,21,24). The number of carbonyl (C=O) groups is 1. The van der Waals surface area contributed by atoms with E-state index >= 15 is 0 Å². The van der Waals surface area contributed by atoms with Gasteiger partial charge in [-0.05, 0) is 24.2 Å². The predicted octanol–water partition coefficient (Wildman–Crippen LogP) is 0.913. The highest BCUT2D eigenvalue weighted by Crippen LogP contribution is 2.15. The molecular formula is C19H20N4O4S. The molecule has 0 atom stereocenters. The maximum atomic E-state index is 12.7. The van der Waals surface area contributed by atoms with Crippen molar-refractivity contribution < 1.29 is 13.2 Å². The Kier molecular flexibility index (Phi) is 5.57. The van der Waals surface area contributed by atoms with E-state index in [2.05, 4.69) is 15.1 Å². The number of hydrogen-bond donors (Lipinski definition) is 2. The number of aromatic nitrogens is 2. The Morgan fingerprint density at radius 1 is 1.04 bits per heavy atom. The molecule has 0 saturated carbocycles. The molecule has 0 aliphatic heterocycles. The van der Waals surface area contributed by atoms with Crippen molar-refractivity contribution in [1.82, 2.24) is 19.8 Å². The first-order chi connectivity index (χ1) is 13.3. The molecule has 1 aromatic heterocycles. The number of sulfonamides is 1. The molecule has 0 unspecified atom stereocenters. The normalized spacial score (nSPS) is 11.5. The first-order valence-electron chi connectivity index (χ1n) is 8.54. The molecule has 0 aliphatic rings. The third kappa shape index (κ3) is 4.10. The zero-order valence-corrected chi connectivity index (χ0v) is 16.3. The zero-order valence-electron chi connectivity index (χ0n) is 15.5. The van der Waals surface area contributed by atoms with Gasteiger partial charge in [-0.3, -0.25) is 9.59 Å². The van der Waals surface area contributed by atoms with Crippen LogP contribution in [-0.4, -0.2) is 31.2 Å². The van der Waals surface area contributed by atoms with E-state index in [1.54, 1.807) is 48.5 Å². The van der Waals surface area contributed by atoms with E-state index in [9.17, 15) is 18.0 Å². The molecule has 2 N–H and O–H groups in total. The molecule has 3 aromatic rings. The minimum absolute atomic E-state index is 0.132. The van der Waals surface area contributed by atoms with Gasteiger partial charge < -0.3 is 5.32 Å². The van der Waals surface area contributed by atoms with E-state index in [4.69, 9.17) is 0 Å². The number of nitrogens with zero attached hydrogens (tertiary/aromatic N) is 2. The summed E-state index contributed by atoms with van der Waals surface area (Å²) in [5.74, 6) is -0.630. The highest BCUT2D eigenvalue weighted by molar-refractivity contribution is 7.88. The molecule has 3 rings (SSSR count). The van der Waals surface area contributed by atoms with Crippen LogP contribution in [0.4, 0.5) is 0 Å². The Morgan fingerprint density at radius 3 is 2.32 bits per heavy atom. The first kappa shape index (κ1) is 19.7. The van der Waals surface area contributed by atoms with Gasteiger partial charge in [0, 0.05) is 19.0 Å². The average Bonchev–Trinajstić information content (AvgIpc) is 2.69. The average molecular weight is 400 g/mol. The summed E-state index contributed by atoms with van der Waals surface area (Å²) in [7, 11) is -0.591.